The summed E-state index contributed by atoms with van der Waals surface area (Å²) < 4.78 is 2.17. The Kier molecular flexibility index (Phi) is 4.35. The second-order valence-corrected chi connectivity index (χ2v) is 5.88. The number of H-pyrrole nitrogens is 1. The number of pyridine rings is 1. The van der Waals surface area contributed by atoms with E-state index in [1.807, 2.05) is 0 Å². The molecule has 0 spiro atoms. The van der Waals surface area contributed by atoms with Crippen LogP contribution in [0.5, 0.6) is 0 Å². The van der Waals surface area contributed by atoms with Gasteiger partial charge in [0.2, 0.25) is 6.54 Å². The van der Waals surface area contributed by atoms with Crippen LogP contribution in [0.1, 0.15) is 17.0 Å². The fourth-order valence-electron chi connectivity index (χ4n) is 2.85. The first-order valence-electron chi connectivity index (χ1n) is 7.53. The van der Waals surface area contributed by atoms with Crippen molar-refractivity contribution < 1.29 is 28.5 Å². The highest BCUT2D eigenvalue weighted by atomic mass is 127. The van der Waals surface area contributed by atoms with Gasteiger partial charge in [-0.25, -0.2) is 4.98 Å². The molecule has 0 saturated carbocycles. The van der Waals surface area contributed by atoms with Crippen molar-refractivity contribution in [2.45, 2.75) is 20.4 Å². The molecule has 1 N–H and O–H groups in total. The van der Waals surface area contributed by atoms with E-state index in [1.165, 1.54) is 21.9 Å². The first-order chi connectivity index (χ1) is 10.7. The average molecular weight is 415 g/mol. The van der Waals surface area contributed by atoms with E-state index in [-0.39, 0.29) is 24.0 Å². The number of aryl methyl sites for hydroxylation is 2. The molecule has 0 aliphatic carbocycles. The van der Waals surface area contributed by atoms with Crippen molar-refractivity contribution >= 4 is 21.8 Å². The van der Waals surface area contributed by atoms with Gasteiger partial charge in [-0.2, -0.15) is 4.57 Å². The number of aromatic nitrogens is 3. The number of hydrogen-bond acceptors (Lipinski definition) is 1. The van der Waals surface area contributed by atoms with E-state index in [0.717, 1.165) is 23.4 Å². The van der Waals surface area contributed by atoms with Crippen LogP contribution in [0.2, 0.25) is 0 Å². The van der Waals surface area contributed by atoms with Crippen LogP contribution in [-0.4, -0.2) is 9.97 Å². The van der Waals surface area contributed by atoms with Crippen LogP contribution in [0.15, 0.2) is 54.9 Å². The number of fused-ring (bicyclic) bond motifs is 2. The number of rotatable bonds is 2. The molecule has 0 unspecified atom stereocenters. The van der Waals surface area contributed by atoms with E-state index >= 15 is 0 Å². The molecular formula is C19H18IN3. The maximum absolute atomic E-state index is 4.71. The molecule has 0 bridgehead atoms. The van der Waals surface area contributed by atoms with Gasteiger partial charge in [0.15, 0.2) is 18.2 Å². The van der Waals surface area contributed by atoms with Crippen molar-refractivity contribution in [1.82, 2.24) is 9.97 Å². The van der Waals surface area contributed by atoms with E-state index in [4.69, 9.17) is 4.98 Å². The minimum Gasteiger partial charge on any atom is -1.00 e. The fraction of sp³-hybridized carbons (Fsp3) is 0.158. The molecule has 116 valence electrons. The maximum atomic E-state index is 4.71. The van der Waals surface area contributed by atoms with Gasteiger partial charge < -0.3 is 29.0 Å². The number of hydrogen-bond donors (Lipinski definition) is 1. The van der Waals surface area contributed by atoms with Gasteiger partial charge in [0, 0.05) is 11.5 Å². The van der Waals surface area contributed by atoms with Crippen LogP contribution < -0.4 is 28.5 Å². The highest BCUT2D eigenvalue weighted by molar-refractivity contribution is 5.80. The normalized spacial score (nSPS) is 10.9. The zero-order chi connectivity index (χ0) is 15.1. The van der Waals surface area contributed by atoms with Crippen LogP contribution in [0, 0.1) is 13.8 Å². The first-order valence-corrected chi connectivity index (χ1v) is 7.53. The summed E-state index contributed by atoms with van der Waals surface area (Å²) in [5, 5.41) is 2.50. The first kappa shape index (κ1) is 15.9. The van der Waals surface area contributed by atoms with Crippen molar-refractivity contribution in [2.24, 2.45) is 0 Å². The molecule has 3 nitrogen and oxygen atoms in total. The molecule has 23 heavy (non-hydrogen) atoms. The lowest BCUT2D eigenvalue weighted by atomic mass is 10.1. The fourth-order valence-corrected chi connectivity index (χ4v) is 2.85. The number of halogens is 1. The average Bonchev–Trinajstić information content (AvgIpc) is 2.89. The second kappa shape index (κ2) is 6.28. The largest absolute Gasteiger partial charge is 1.00 e. The minimum absolute atomic E-state index is 0. The highest BCUT2D eigenvalue weighted by Gasteiger charge is 2.10. The van der Waals surface area contributed by atoms with Crippen molar-refractivity contribution in [3.63, 3.8) is 0 Å². The zero-order valence-corrected chi connectivity index (χ0v) is 15.3. The Morgan fingerprint density at radius 3 is 2.57 bits per heavy atom. The monoisotopic (exact) mass is 415 g/mol. The standard InChI is InChI=1S/C19H18N3.HI/c1-13-9-17-18(10-14(13)2)21-19(20-17)12-22-8-7-15-5-3-4-6-16(15)11-22;/h3-11H,12H2,1-2H3,(H,20,21);1H/q+1;/p-1. The molecule has 0 aliphatic heterocycles. The summed E-state index contributed by atoms with van der Waals surface area (Å²) in [6, 6.07) is 14.9. The highest BCUT2D eigenvalue weighted by Crippen LogP contribution is 2.17. The lowest BCUT2D eigenvalue weighted by Crippen LogP contribution is -3.00. The zero-order valence-electron chi connectivity index (χ0n) is 13.2. The molecule has 4 heteroatoms. The molecule has 0 radical (unpaired) electrons. The van der Waals surface area contributed by atoms with Gasteiger partial charge in [0.25, 0.3) is 0 Å². The summed E-state index contributed by atoms with van der Waals surface area (Å²) in [7, 11) is 0. The summed E-state index contributed by atoms with van der Waals surface area (Å²) >= 11 is 0. The number of benzene rings is 2. The van der Waals surface area contributed by atoms with Crippen molar-refractivity contribution in [3.8, 4) is 0 Å². The van der Waals surface area contributed by atoms with E-state index in [9.17, 15) is 0 Å². The molecule has 4 aromatic rings. The Morgan fingerprint density at radius 2 is 1.74 bits per heavy atom. The third kappa shape index (κ3) is 3.08. The smallest absolute Gasteiger partial charge is 0.205 e. The second-order valence-electron chi connectivity index (χ2n) is 5.88. The predicted molar refractivity (Wildman–Crippen MR) is 88.8 cm³/mol. The summed E-state index contributed by atoms with van der Waals surface area (Å²) in [6.07, 6.45) is 4.27. The minimum atomic E-state index is 0. The Morgan fingerprint density at radius 1 is 1.00 bits per heavy atom. The molecule has 0 saturated heterocycles. The third-order valence-electron chi connectivity index (χ3n) is 4.23. The molecule has 0 fully saturated rings. The Bertz CT molecular complexity index is 949. The number of aromatic amines is 1. The van der Waals surface area contributed by atoms with Crippen LogP contribution in [-0.2, 0) is 6.54 Å². The lowest BCUT2D eigenvalue weighted by Gasteiger charge is -1.97. The molecule has 4 rings (SSSR count). The van der Waals surface area contributed by atoms with E-state index in [1.54, 1.807) is 0 Å². The van der Waals surface area contributed by atoms with Gasteiger partial charge in [-0.05, 0) is 48.6 Å². The van der Waals surface area contributed by atoms with Crippen molar-refractivity contribution in [2.75, 3.05) is 0 Å². The van der Waals surface area contributed by atoms with E-state index in [0.29, 0.717) is 0 Å². The SMILES string of the molecule is Cc1cc2nc(C[n+]3ccc4ccccc4c3)[nH]c2cc1C.[I-]. The molecule has 2 heterocycles. The third-order valence-corrected chi connectivity index (χ3v) is 4.23. The van der Waals surface area contributed by atoms with Gasteiger partial charge in [-0.1, -0.05) is 18.2 Å². The molecule has 2 aromatic heterocycles. The Balaban J connectivity index is 0.00000156. The Hall–Kier alpha value is -1.95. The Labute approximate surface area is 152 Å². The summed E-state index contributed by atoms with van der Waals surface area (Å²) in [5.74, 6) is 0.986. The van der Waals surface area contributed by atoms with Gasteiger partial charge >= 0.3 is 0 Å². The van der Waals surface area contributed by atoms with Crippen LogP contribution in [0.3, 0.4) is 0 Å². The summed E-state index contributed by atoms with van der Waals surface area (Å²) in [6.45, 7) is 5.01. The number of imidazole rings is 1. The van der Waals surface area contributed by atoms with Gasteiger partial charge in [-0.15, -0.1) is 0 Å². The van der Waals surface area contributed by atoms with Crippen LogP contribution >= 0.6 is 0 Å². The quantitative estimate of drug-likeness (QED) is 0.379. The topological polar surface area (TPSA) is 32.6 Å². The molecule has 2 aromatic carbocycles. The van der Waals surface area contributed by atoms with Gasteiger partial charge in [0.05, 0.1) is 11.0 Å². The molecular weight excluding hydrogens is 397 g/mol. The van der Waals surface area contributed by atoms with Crippen LogP contribution in [0.25, 0.3) is 21.8 Å². The maximum Gasteiger partial charge on any atom is 0.205 e. The van der Waals surface area contributed by atoms with Gasteiger partial charge in [-0.3, -0.25) is 0 Å². The van der Waals surface area contributed by atoms with Gasteiger partial charge in [0.1, 0.15) is 0 Å². The molecule has 0 amide bonds. The van der Waals surface area contributed by atoms with Crippen molar-refractivity contribution in [1.29, 1.82) is 0 Å². The van der Waals surface area contributed by atoms with Crippen LogP contribution in [0.4, 0.5) is 0 Å². The van der Waals surface area contributed by atoms with E-state index in [2.05, 4.69) is 78.3 Å². The van der Waals surface area contributed by atoms with Crippen molar-refractivity contribution in [3.05, 3.63) is 71.8 Å². The van der Waals surface area contributed by atoms with E-state index < -0.39 is 0 Å². The predicted octanol–water partition coefficient (Wildman–Crippen LogP) is 0.673. The summed E-state index contributed by atoms with van der Waals surface area (Å²) in [5.41, 5.74) is 4.73. The molecule has 0 aliphatic rings. The number of nitrogens with zero attached hydrogens (tertiary/aromatic N) is 2. The number of nitrogens with one attached hydrogen (secondary N) is 1. The summed E-state index contributed by atoms with van der Waals surface area (Å²) in [4.78, 5) is 8.14. The lowest BCUT2D eigenvalue weighted by molar-refractivity contribution is -0.688. The molecule has 0 atom stereocenters.